The fourth-order valence-corrected chi connectivity index (χ4v) is 5.23. The Morgan fingerprint density at radius 2 is 1.45 bits per heavy atom. The van der Waals surface area contributed by atoms with Crippen molar-refractivity contribution in [1.29, 1.82) is 0 Å². The third-order valence-corrected chi connectivity index (χ3v) is 7.60. The molecule has 0 bridgehead atoms. The number of nitrogens with one attached hydrogen (secondary N) is 1. The molecule has 3 aromatic rings. The molecule has 3 rings (SSSR count). The summed E-state index contributed by atoms with van der Waals surface area (Å²) in [6.45, 7) is 7.08. The average Bonchev–Trinajstić information content (AvgIpc) is 3.07. The second-order valence-corrected chi connectivity index (χ2v) is 13.0. The van der Waals surface area contributed by atoms with E-state index in [1.807, 2.05) is 20.8 Å². The summed E-state index contributed by atoms with van der Waals surface area (Å²) in [4.78, 5) is 26.2. The lowest BCUT2D eigenvalue weighted by atomic mass is 9.93. The van der Waals surface area contributed by atoms with Crippen molar-refractivity contribution < 1.29 is 21.6 Å². The van der Waals surface area contributed by atoms with Gasteiger partial charge in [-0.25, -0.2) is 21.5 Å². The second-order valence-electron chi connectivity index (χ2n) is 9.01. The Morgan fingerprint density at radius 1 is 0.879 bits per heavy atom. The lowest BCUT2D eigenvalue weighted by Gasteiger charge is -2.18. The fourth-order valence-electron chi connectivity index (χ4n) is 3.65. The fraction of sp³-hybridized carbons (Fsp3) is 0.304. The van der Waals surface area contributed by atoms with Gasteiger partial charge in [-0.2, -0.15) is 0 Å². The van der Waals surface area contributed by atoms with Crippen LogP contribution in [-0.4, -0.2) is 44.9 Å². The first-order valence-corrected chi connectivity index (χ1v) is 13.8. The Kier molecular flexibility index (Phi) is 6.06. The molecule has 0 saturated heterocycles. The van der Waals surface area contributed by atoms with E-state index < -0.39 is 36.6 Å². The van der Waals surface area contributed by atoms with Crippen molar-refractivity contribution in [2.45, 2.75) is 43.0 Å². The summed E-state index contributed by atoms with van der Waals surface area (Å²) >= 11 is 0. The average molecular weight is 491 g/mol. The van der Waals surface area contributed by atoms with E-state index in [0.717, 1.165) is 12.5 Å². The van der Waals surface area contributed by atoms with Gasteiger partial charge in [0.25, 0.3) is 5.56 Å². The molecule has 0 spiro atoms. The number of nitrogens with zero attached hydrogens (tertiary/aromatic N) is 1. The topological polar surface area (TPSA) is 123 Å². The van der Waals surface area contributed by atoms with Crippen molar-refractivity contribution in [3.63, 3.8) is 0 Å². The summed E-state index contributed by atoms with van der Waals surface area (Å²) in [6, 6.07) is 8.52. The first-order chi connectivity index (χ1) is 15.0. The van der Waals surface area contributed by atoms with Crippen molar-refractivity contribution in [2.75, 3.05) is 12.5 Å². The number of hydrogen-bond acceptors (Lipinski definition) is 6. The highest BCUT2D eigenvalue weighted by Crippen LogP contribution is 2.34. The molecule has 2 aromatic carbocycles. The molecule has 0 saturated carbocycles. The number of hydrogen-bond donors (Lipinski definition) is 1. The van der Waals surface area contributed by atoms with E-state index in [1.54, 1.807) is 6.92 Å². The Hall–Kier alpha value is -2.98. The minimum atomic E-state index is -3.67. The highest BCUT2D eigenvalue weighted by atomic mass is 32.2. The monoisotopic (exact) mass is 490 g/mol. The van der Waals surface area contributed by atoms with Crippen LogP contribution in [0.15, 0.2) is 57.2 Å². The molecule has 0 fully saturated rings. The predicted octanol–water partition coefficient (Wildman–Crippen LogP) is 2.94. The van der Waals surface area contributed by atoms with Crippen LogP contribution in [0.2, 0.25) is 0 Å². The zero-order valence-corrected chi connectivity index (χ0v) is 20.9. The molecule has 0 radical (unpaired) electrons. The number of carbonyl (C=O) groups excluding carboxylic acids is 1. The Morgan fingerprint density at radius 3 is 1.91 bits per heavy atom. The lowest BCUT2D eigenvalue weighted by Crippen LogP contribution is -2.34. The van der Waals surface area contributed by atoms with Crippen LogP contribution in [0.5, 0.6) is 0 Å². The van der Waals surface area contributed by atoms with Gasteiger partial charge >= 0.3 is 0 Å². The van der Waals surface area contributed by atoms with E-state index >= 15 is 0 Å². The molecule has 176 valence electrons. The summed E-state index contributed by atoms with van der Waals surface area (Å²) in [5.41, 5.74) is 0.194. The summed E-state index contributed by atoms with van der Waals surface area (Å²) in [7, 11) is -7.11. The van der Waals surface area contributed by atoms with E-state index in [4.69, 9.17) is 0 Å². The maximum Gasteiger partial charge on any atom is 0.278 e. The van der Waals surface area contributed by atoms with Crippen molar-refractivity contribution in [3.8, 4) is 11.1 Å². The standard InChI is InChI=1S/C23H26N2O6S2/c1-14-17(21(26)18-13-24-25(22(18)27)23(2,3)4)11-12-19(33(6,30)31)20(14)15-7-9-16(10-8-15)32(5,28)29/h7-13,24H,1-6H3. The highest BCUT2D eigenvalue weighted by molar-refractivity contribution is 7.91. The molecule has 1 heterocycles. The van der Waals surface area contributed by atoms with Gasteiger partial charge in [0.05, 0.1) is 15.3 Å². The van der Waals surface area contributed by atoms with Crippen LogP contribution < -0.4 is 5.56 Å². The smallest absolute Gasteiger partial charge is 0.278 e. The minimum absolute atomic E-state index is 0.00447. The molecule has 1 N–H and O–H groups in total. The third kappa shape index (κ3) is 4.72. The van der Waals surface area contributed by atoms with Crippen LogP contribution in [0.25, 0.3) is 11.1 Å². The Balaban J connectivity index is 2.24. The predicted molar refractivity (Wildman–Crippen MR) is 126 cm³/mol. The first-order valence-electron chi connectivity index (χ1n) is 10.0. The zero-order chi connectivity index (χ0) is 24.9. The van der Waals surface area contributed by atoms with Gasteiger partial charge in [-0.3, -0.25) is 9.59 Å². The van der Waals surface area contributed by atoms with E-state index in [0.29, 0.717) is 11.1 Å². The summed E-state index contributed by atoms with van der Waals surface area (Å²) in [5, 5.41) is 2.82. The normalized spacial score (nSPS) is 12.7. The van der Waals surface area contributed by atoms with Gasteiger partial charge in [0.2, 0.25) is 0 Å². The molecule has 0 atom stereocenters. The van der Waals surface area contributed by atoms with Crippen molar-refractivity contribution in [2.24, 2.45) is 0 Å². The number of benzene rings is 2. The van der Waals surface area contributed by atoms with Crippen LogP contribution in [0.4, 0.5) is 0 Å². The van der Waals surface area contributed by atoms with Crippen LogP contribution >= 0.6 is 0 Å². The number of ketones is 1. The van der Waals surface area contributed by atoms with E-state index in [2.05, 4.69) is 5.10 Å². The van der Waals surface area contributed by atoms with Gasteiger partial charge in [0.1, 0.15) is 5.56 Å². The van der Waals surface area contributed by atoms with Crippen LogP contribution in [0.3, 0.4) is 0 Å². The Labute approximate surface area is 193 Å². The number of rotatable bonds is 5. The quantitative estimate of drug-likeness (QED) is 0.549. The molecule has 0 unspecified atom stereocenters. The molecule has 33 heavy (non-hydrogen) atoms. The number of aromatic amines is 1. The molecule has 8 nitrogen and oxygen atoms in total. The molecule has 0 amide bonds. The summed E-state index contributed by atoms with van der Waals surface area (Å²) < 4.78 is 49.9. The van der Waals surface area contributed by atoms with Gasteiger partial charge in [-0.05, 0) is 63.1 Å². The molecule has 10 heteroatoms. The SMILES string of the molecule is Cc1c(C(=O)c2c[nH]n(C(C)(C)C)c2=O)ccc(S(C)(=O)=O)c1-c1ccc(S(C)(=O)=O)cc1. The van der Waals surface area contributed by atoms with E-state index in [-0.39, 0.29) is 26.5 Å². The number of H-pyrrole nitrogens is 1. The first kappa shape index (κ1) is 24.7. The van der Waals surface area contributed by atoms with E-state index in [1.165, 1.54) is 47.3 Å². The Bertz CT molecular complexity index is 1520. The number of aromatic nitrogens is 2. The third-order valence-electron chi connectivity index (χ3n) is 5.33. The lowest BCUT2D eigenvalue weighted by molar-refractivity contribution is 0.103. The van der Waals surface area contributed by atoms with Gasteiger partial charge in [0.15, 0.2) is 25.5 Å². The zero-order valence-electron chi connectivity index (χ0n) is 19.3. The molecular formula is C23H26N2O6S2. The molecular weight excluding hydrogens is 464 g/mol. The maximum atomic E-state index is 13.3. The molecule has 0 aliphatic carbocycles. The van der Waals surface area contributed by atoms with Crippen molar-refractivity contribution >= 4 is 25.5 Å². The molecule has 1 aromatic heterocycles. The van der Waals surface area contributed by atoms with E-state index in [9.17, 15) is 26.4 Å². The highest BCUT2D eigenvalue weighted by Gasteiger charge is 2.26. The van der Waals surface area contributed by atoms with Gasteiger partial charge < -0.3 is 5.10 Å². The van der Waals surface area contributed by atoms with Crippen LogP contribution in [0.1, 0.15) is 42.3 Å². The summed E-state index contributed by atoms with van der Waals surface area (Å²) in [6.07, 6.45) is 3.49. The van der Waals surface area contributed by atoms with Gasteiger partial charge in [0, 0.05) is 29.8 Å². The second kappa shape index (κ2) is 8.11. The maximum absolute atomic E-state index is 13.3. The van der Waals surface area contributed by atoms with Crippen molar-refractivity contribution in [1.82, 2.24) is 9.78 Å². The van der Waals surface area contributed by atoms with Gasteiger partial charge in [-0.1, -0.05) is 12.1 Å². The largest absolute Gasteiger partial charge is 0.302 e. The number of carbonyl (C=O) groups is 1. The molecule has 0 aliphatic rings. The summed E-state index contributed by atoms with van der Waals surface area (Å²) in [5.74, 6) is -0.536. The van der Waals surface area contributed by atoms with Crippen LogP contribution in [0, 0.1) is 6.92 Å². The number of sulfone groups is 2. The van der Waals surface area contributed by atoms with Crippen LogP contribution in [-0.2, 0) is 25.2 Å². The van der Waals surface area contributed by atoms with Crippen molar-refractivity contribution in [3.05, 3.63) is 69.6 Å². The van der Waals surface area contributed by atoms with Gasteiger partial charge in [-0.15, -0.1) is 0 Å². The molecule has 0 aliphatic heterocycles. The minimum Gasteiger partial charge on any atom is -0.302 e.